The fourth-order valence-corrected chi connectivity index (χ4v) is 3.50. The summed E-state index contributed by atoms with van der Waals surface area (Å²) in [5.41, 5.74) is 5.54. The van der Waals surface area contributed by atoms with Gasteiger partial charge in [-0.15, -0.1) is 0 Å². The minimum Gasteiger partial charge on any atom is -0.289 e. The average Bonchev–Trinajstić information content (AvgIpc) is 2.65. The predicted molar refractivity (Wildman–Crippen MR) is 103 cm³/mol. The van der Waals surface area contributed by atoms with E-state index < -0.39 is 20.5 Å². The van der Waals surface area contributed by atoms with Crippen LogP contribution in [0.25, 0.3) is 17.2 Å². The Morgan fingerprint density at radius 1 is 1.12 bits per heavy atom. The number of carbonyl (C=O) groups excluding carboxylic acids is 1. The van der Waals surface area contributed by atoms with Crippen LogP contribution in [0.4, 0.5) is 0 Å². The summed E-state index contributed by atoms with van der Waals surface area (Å²) in [6.07, 6.45) is 3.25. The Hall–Kier alpha value is -2.44. The van der Waals surface area contributed by atoms with Crippen LogP contribution in [-0.4, -0.2) is 30.5 Å². The monoisotopic (exact) mass is 373 g/mol. The maximum atomic E-state index is 12.0. The molecule has 0 aliphatic heterocycles. The second kappa shape index (κ2) is 7.85. The van der Waals surface area contributed by atoms with Crippen molar-refractivity contribution in [2.45, 2.75) is 24.5 Å². The first-order valence-corrected chi connectivity index (χ1v) is 10.1. The summed E-state index contributed by atoms with van der Waals surface area (Å²) in [5.74, 6) is -0.918. The predicted octanol–water partition coefficient (Wildman–Crippen LogP) is 3.24. The van der Waals surface area contributed by atoms with Gasteiger partial charge in [-0.1, -0.05) is 61.2 Å². The summed E-state index contributed by atoms with van der Waals surface area (Å²) in [6.45, 7) is 5.06. The lowest BCUT2D eigenvalue weighted by molar-refractivity contribution is -0.131. The molecule has 0 saturated carbocycles. The molecule has 2 aromatic carbocycles. The summed E-state index contributed by atoms with van der Waals surface area (Å²) in [6, 6.07) is 15.7. The van der Waals surface area contributed by atoms with Crippen molar-refractivity contribution in [3.05, 3.63) is 66.2 Å². The molecule has 0 bridgehead atoms. The molecule has 5 nitrogen and oxygen atoms in total. The molecule has 2 aromatic rings. The van der Waals surface area contributed by atoms with Crippen molar-refractivity contribution in [2.75, 3.05) is 6.26 Å². The topological polar surface area (TPSA) is 83.5 Å². The normalized spacial score (nSPS) is 13.7. The van der Waals surface area contributed by atoms with Gasteiger partial charge in [-0.25, -0.2) is 13.9 Å². The van der Waals surface area contributed by atoms with Gasteiger partial charge in [0.25, 0.3) is 5.91 Å². The number of rotatable bonds is 7. The van der Waals surface area contributed by atoms with E-state index in [2.05, 4.69) is 6.58 Å². The van der Waals surface area contributed by atoms with Crippen molar-refractivity contribution in [1.82, 2.24) is 5.48 Å². The zero-order chi connectivity index (χ0) is 19.4. The second-order valence-corrected chi connectivity index (χ2v) is 8.91. The van der Waals surface area contributed by atoms with E-state index in [1.165, 1.54) is 12.4 Å². The number of amides is 1. The molecule has 1 atom stereocenters. The van der Waals surface area contributed by atoms with E-state index >= 15 is 0 Å². The van der Waals surface area contributed by atoms with E-state index in [1.807, 2.05) is 48.5 Å². The Morgan fingerprint density at radius 3 is 2.04 bits per heavy atom. The first kappa shape index (κ1) is 19.9. The average molecular weight is 373 g/mol. The minimum absolute atomic E-state index is 0.0750. The maximum absolute atomic E-state index is 12.0. The van der Waals surface area contributed by atoms with Crippen LogP contribution in [0.3, 0.4) is 0 Å². The van der Waals surface area contributed by atoms with Crippen molar-refractivity contribution < 1.29 is 18.4 Å². The van der Waals surface area contributed by atoms with E-state index in [1.54, 1.807) is 6.08 Å². The molecule has 1 unspecified atom stereocenters. The third-order valence-corrected chi connectivity index (χ3v) is 6.75. The van der Waals surface area contributed by atoms with Crippen molar-refractivity contribution in [3.63, 3.8) is 0 Å². The first-order chi connectivity index (χ1) is 12.2. The van der Waals surface area contributed by atoms with Crippen LogP contribution in [0.5, 0.6) is 0 Å². The largest absolute Gasteiger partial charge is 0.289 e. The van der Waals surface area contributed by atoms with Gasteiger partial charge in [0.05, 0.1) is 0 Å². The summed E-state index contributed by atoms with van der Waals surface area (Å²) in [7, 11) is -3.68. The lowest BCUT2D eigenvalue weighted by Crippen LogP contribution is -2.49. The summed E-state index contributed by atoms with van der Waals surface area (Å²) < 4.78 is 22.3. The van der Waals surface area contributed by atoms with Gasteiger partial charge >= 0.3 is 0 Å². The summed E-state index contributed by atoms with van der Waals surface area (Å²) in [5, 5.41) is 8.86. The molecule has 0 aromatic heterocycles. The third-order valence-electron chi connectivity index (χ3n) is 4.72. The van der Waals surface area contributed by atoms with Crippen LogP contribution in [0.1, 0.15) is 24.5 Å². The van der Waals surface area contributed by atoms with E-state index in [4.69, 9.17) is 5.21 Å². The molecule has 0 saturated heterocycles. The highest BCUT2D eigenvalue weighted by Crippen LogP contribution is 2.25. The molecule has 26 heavy (non-hydrogen) atoms. The zero-order valence-corrected chi connectivity index (χ0v) is 15.7. The number of aryl methyl sites for hydroxylation is 1. The second-order valence-electron chi connectivity index (χ2n) is 6.47. The van der Waals surface area contributed by atoms with Gasteiger partial charge in [0.15, 0.2) is 9.84 Å². The minimum atomic E-state index is -3.68. The number of carbonyl (C=O) groups is 1. The van der Waals surface area contributed by atoms with Gasteiger partial charge in [-0.05, 0) is 42.0 Å². The van der Waals surface area contributed by atoms with Gasteiger partial charge in [0, 0.05) is 6.26 Å². The fraction of sp³-hybridized carbons (Fsp3) is 0.250. The molecule has 0 aliphatic rings. The molecule has 0 fully saturated rings. The molecule has 0 spiro atoms. The highest BCUT2D eigenvalue weighted by molar-refractivity contribution is 7.92. The van der Waals surface area contributed by atoms with Gasteiger partial charge in [-0.3, -0.25) is 10.0 Å². The maximum Gasteiger partial charge on any atom is 0.264 e. The standard InChI is InChI=1S/C20H23NO4S/c1-4-15-5-9-17(10-6-15)18-11-7-16(8-12-18)13-14-20(2,19(22)21-23)26(3,24)25/h4-12,23H,1,13-14H2,2-3H3,(H,21,22). The Labute approximate surface area is 154 Å². The lowest BCUT2D eigenvalue weighted by Gasteiger charge is -2.25. The number of hydrogen-bond donors (Lipinski definition) is 2. The van der Waals surface area contributed by atoms with Gasteiger partial charge in [0.2, 0.25) is 0 Å². The SMILES string of the molecule is C=Cc1ccc(-c2ccc(CCC(C)(C(=O)NO)S(C)(=O)=O)cc2)cc1. The van der Waals surface area contributed by atoms with E-state index in [-0.39, 0.29) is 6.42 Å². The van der Waals surface area contributed by atoms with Crippen molar-refractivity contribution >= 4 is 21.8 Å². The number of hydrogen-bond acceptors (Lipinski definition) is 4. The highest BCUT2D eigenvalue weighted by atomic mass is 32.2. The number of sulfone groups is 1. The van der Waals surface area contributed by atoms with Crippen LogP contribution in [0.15, 0.2) is 55.1 Å². The van der Waals surface area contributed by atoms with E-state index in [9.17, 15) is 13.2 Å². The fourth-order valence-electron chi connectivity index (χ4n) is 2.64. The molecular weight excluding hydrogens is 350 g/mol. The number of hydroxylamine groups is 1. The molecule has 138 valence electrons. The highest BCUT2D eigenvalue weighted by Gasteiger charge is 2.43. The molecule has 2 rings (SSSR count). The van der Waals surface area contributed by atoms with Crippen LogP contribution >= 0.6 is 0 Å². The van der Waals surface area contributed by atoms with E-state index in [0.29, 0.717) is 6.42 Å². The zero-order valence-electron chi connectivity index (χ0n) is 14.9. The Morgan fingerprint density at radius 2 is 1.62 bits per heavy atom. The van der Waals surface area contributed by atoms with Crippen LogP contribution in [-0.2, 0) is 21.1 Å². The van der Waals surface area contributed by atoms with Gasteiger partial charge in [-0.2, -0.15) is 0 Å². The number of benzene rings is 2. The molecule has 2 N–H and O–H groups in total. The van der Waals surface area contributed by atoms with Crippen LogP contribution in [0.2, 0.25) is 0 Å². The van der Waals surface area contributed by atoms with Crippen LogP contribution in [0, 0.1) is 0 Å². The Balaban J connectivity index is 2.15. The Bertz CT molecular complexity index is 886. The molecule has 6 heteroatoms. The van der Waals surface area contributed by atoms with Crippen molar-refractivity contribution in [2.24, 2.45) is 0 Å². The van der Waals surface area contributed by atoms with Crippen molar-refractivity contribution in [3.8, 4) is 11.1 Å². The summed E-state index contributed by atoms with van der Waals surface area (Å²) in [4.78, 5) is 11.8. The molecule has 0 radical (unpaired) electrons. The van der Waals surface area contributed by atoms with E-state index in [0.717, 1.165) is 28.5 Å². The van der Waals surface area contributed by atoms with Crippen LogP contribution < -0.4 is 5.48 Å². The lowest BCUT2D eigenvalue weighted by atomic mass is 9.97. The molecular formula is C20H23NO4S. The third kappa shape index (κ3) is 4.20. The summed E-state index contributed by atoms with van der Waals surface area (Å²) >= 11 is 0. The molecule has 1 amide bonds. The molecule has 0 aliphatic carbocycles. The molecule has 0 heterocycles. The smallest absolute Gasteiger partial charge is 0.264 e. The first-order valence-electron chi connectivity index (χ1n) is 8.17. The van der Waals surface area contributed by atoms with Gasteiger partial charge < -0.3 is 0 Å². The van der Waals surface area contributed by atoms with Gasteiger partial charge in [0.1, 0.15) is 4.75 Å². The number of nitrogens with one attached hydrogen (secondary N) is 1. The van der Waals surface area contributed by atoms with Crippen molar-refractivity contribution in [1.29, 1.82) is 0 Å². The Kier molecular flexibility index (Phi) is 6.00. The quantitative estimate of drug-likeness (QED) is 0.576.